The Morgan fingerprint density at radius 1 is 1.33 bits per heavy atom. The molecule has 0 amide bonds. The van der Waals surface area contributed by atoms with Crippen molar-refractivity contribution in [1.29, 1.82) is 0 Å². The highest BCUT2D eigenvalue weighted by Crippen LogP contribution is 2.26. The maximum atomic E-state index is 13.5. The molecule has 0 unspecified atom stereocenters. The standard InChI is InChI=1S/C12H16F2O/c1-8-4-9(12(2,3)7-15)5-11(14)10(8)6-13/h4-5,15H,6-7H2,1-3H3. The van der Waals surface area contributed by atoms with Crippen LogP contribution in [0.5, 0.6) is 0 Å². The minimum atomic E-state index is -0.794. The Kier molecular flexibility index (Phi) is 3.45. The molecule has 1 N–H and O–H groups in total. The third-order valence-corrected chi connectivity index (χ3v) is 2.73. The van der Waals surface area contributed by atoms with Crippen molar-refractivity contribution in [1.82, 2.24) is 0 Å². The summed E-state index contributed by atoms with van der Waals surface area (Å²) in [6.07, 6.45) is 0. The molecule has 0 aliphatic carbocycles. The van der Waals surface area contributed by atoms with Crippen LogP contribution in [0.3, 0.4) is 0 Å². The molecular weight excluding hydrogens is 198 g/mol. The van der Waals surface area contributed by atoms with Gasteiger partial charge >= 0.3 is 0 Å². The normalized spacial score (nSPS) is 11.9. The van der Waals surface area contributed by atoms with Crippen molar-refractivity contribution in [2.24, 2.45) is 0 Å². The lowest BCUT2D eigenvalue weighted by Crippen LogP contribution is -2.22. The molecule has 0 spiro atoms. The van der Waals surface area contributed by atoms with Crippen LogP contribution >= 0.6 is 0 Å². The number of halogens is 2. The van der Waals surface area contributed by atoms with Gasteiger partial charge in [0.2, 0.25) is 0 Å². The van der Waals surface area contributed by atoms with Gasteiger partial charge < -0.3 is 5.11 Å². The van der Waals surface area contributed by atoms with E-state index in [4.69, 9.17) is 5.11 Å². The summed E-state index contributed by atoms with van der Waals surface area (Å²) in [5, 5.41) is 9.16. The second-order valence-electron chi connectivity index (χ2n) is 4.43. The quantitative estimate of drug-likeness (QED) is 0.820. The fraction of sp³-hybridized carbons (Fsp3) is 0.500. The molecule has 0 saturated heterocycles. The fourth-order valence-electron chi connectivity index (χ4n) is 1.43. The van der Waals surface area contributed by atoms with Gasteiger partial charge in [0.1, 0.15) is 12.5 Å². The Balaban J connectivity index is 3.26. The van der Waals surface area contributed by atoms with E-state index in [0.717, 1.165) is 0 Å². The molecule has 1 aromatic rings. The molecule has 0 fully saturated rings. The molecule has 0 aromatic heterocycles. The molecule has 0 saturated carbocycles. The largest absolute Gasteiger partial charge is 0.395 e. The van der Waals surface area contributed by atoms with E-state index >= 15 is 0 Å². The van der Waals surface area contributed by atoms with Crippen molar-refractivity contribution < 1.29 is 13.9 Å². The van der Waals surface area contributed by atoms with Gasteiger partial charge in [0.25, 0.3) is 0 Å². The Morgan fingerprint density at radius 2 is 1.93 bits per heavy atom. The number of hydrogen-bond donors (Lipinski definition) is 1. The zero-order chi connectivity index (χ0) is 11.6. The Morgan fingerprint density at radius 3 is 2.33 bits per heavy atom. The van der Waals surface area contributed by atoms with Crippen LogP contribution in [-0.4, -0.2) is 11.7 Å². The summed E-state index contributed by atoms with van der Waals surface area (Å²) in [6.45, 7) is 4.44. The smallest absolute Gasteiger partial charge is 0.129 e. The van der Waals surface area contributed by atoms with Gasteiger partial charge in [0.15, 0.2) is 0 Å². The van der Waals surface area contributed by atoms with Gasteiger partial charge in [0.05, 0.1) is 6.61 Å². The zero-order valence-corrected chi connectivity index (χ0v) is 9.27. The van der Waals surface area contributed by atoms with Crippen molar-refractivity contribution in [3.63, 3.8) is 0 Å². The number of rotatable bonds is 3. The van der Waals surface area contributed by atoms with Gasteiger partial charge in [-0.05, 0) is 24.1 Å². The maximum Gasteiger partial charge on any atom is 0.129 e. The van der Waals surface area contributed by atoms with Gasteiger partial charge in [-0.15, -0.1) is 0 Å². The monoisotopic (exact) mass is 214 g/mol. The molecule has 0 aliphatic heterocycles. The van der Waals surface area contributed by atoms with Gasteiger partial charge in [-0.25, -0.2) is 8.78 Å². The van der Waals surface area contributed by atoms with Crippen molar-refractivity contribution >= 4 is 0 Å². The Labute approximate surface area is 88.7 Å². The summed E-state index contributed by atoms with van der Waals surface area (Å²) in [5.41, 5.74) is 0.888. The van der Waals surface area contributed by atoms with E-state index in [9.17, 15) is 8.78 Å². The lowest BCUT2D eigenvalue weighted by atomic mass is 9.84. The summed E-state index contributed by atoms with van der Waals surface area (Å²) in [7, 11) is 0. The molecule has 1 rings (SSSR count). The Bertz CT molecular complexity index is 336. The SMILES string of the molecule is Cc1cc(C(C)(C)CO)cc(F)c1CF. The van der Waals surface area contributed by atoms with E-state index in [1.54, 1.807) is 13.0 Å². The van der Waals surface area contributed by atoms with Crippen molar-refractivity contribution in [3.05, 3.63) is 34.6 Å². The van der Waals surface area contributed by atoms with Crippen molar-refractivity contribution in [2.45, 2.75) is 32.9 Å². The summed E-state index contributed by atoms with van der Waals surface area (Å²) in [4.78, 5) is 0. The highest BCUT2D eigenvalue weighted by atomic mass is 19.1. The molecule has 0 atom stereocenters. The van der Waals surface area contributed by atoms with Gasteiger partial charge in [0, 0.05) is 11.0 Å². The number of alkyl halides is 1. The Hall–Kier alpha value is -0.960. The zero-order valence-electron chi connectivity index (χ0n) is 9.27. The van der Waals surface area contributed by atoms with Crippen LogP contribution in [0.1, 0.15) is 30.5 Å². The third-order valence-electron chi connectivity index (χ3n) is 2.73. The number of aryl methyl sites for hydroxylation is 1. The molecule has 0 bridgehead atoms. The molecule has 0 radical (unpaired) electrons. The van der Waals surface area contributed by atoms with Gasteiger partial charge in [-0.3, -0.25) is 0 Å². The molecule has 84 valence electrons. The summed E-state index contributed by atoms with van der Waals surface area (Å²) < 4.78 is 25.9. The predicted octanol–water partition coefficient (Wildman–Crippen LogP) is 2.87. The second-order valence-corrected chi connectivity index (χ2v) is 4.43. The first-order valence-corrected chi connectivity index (χ1v) is 4.88. The maximum absolute atomic E-state index is 13.5. The van der Waals surface area contributed by atoms with Crippen molar-refractivity contribution in [3.8, 4) is 0 Å². The van der Waals surface area contributed by atoms with E-state index in [1.165, 1.54) is 6.07 Å². The summed E-state index contributed by atoms with van der Waals surface area (Å²) in [6, 6.07) is 3.03. The summed E-state index contributed by atoms with van der Waals surface area (Å²) >= 11 is 0. The van der Waals surface area contributed by atoms with E-state index in [0.29, 0.717) is 11.1 Å². The van der Waals surface area contributed by atoms with E-state index < -0.39 is 17.9 Å². The van der Waals surface area contributed by atoms with E-state index in [-0.39, 0.29) is 12.2 Å². The first-order valence-electron chi connectivity index (χ1n) is 4.88. The van der Waals surface area contributed by atoms with Crippen LogP contribution in [-0.2, 0) is 12.1 Å². The number of aliphatic hydroxyl groups is 1. The molecule has 15 heavy (non-hydrogen) atoms. The minimum Gasteiger partial charge on any atom is -0.395 e. The third kappa shape index (κ3) is 2.34. The first kappa shape index (κ1) is 12.1. The fourth-order valence-corrected chi connectivity index (χ4v) is 1.43. The summed E-state index contributed by atoms with van der Waals surface area (Å²) in [5.74, 6) is -0.533. The topological polar surface area (TPSA) is 20.2 Å². The molecular formula is C12H16F2O. The van der Waals surface area contributed by atoms with Crippen LogP contribution in [0.25, 0.3) is 0 Å². The second kappa shape index (κ2) is 4.27. The number of aliphatic hydroxyl groups excluding tert-OH is 1. The van der Waals surface area contributed by atoms with Gasteiger partial charge in [-0.2, -0.15) is 0 Å². The molecule has 1 aromatic carbocycles. The average molecular weight is 214 g/mol. The number of hydrogen-bond acceptors (Lipinski definition) is 1. The van der Waals surface area contributed by atoms with Crippen LogP contribution in [0, 0.1) is 12.7 Å². The van der Waals surface area contributed by atoms with E-state index in [1.807, 2.05) is 13.8 Å². The predicted molar refractivity (Wildman–Crippen MR) is 56.1 cm³/mol. The van der Waals surface area contributed by atoms with Crippen LogP contribution in [0.15, 0.2) is 12.1 Å². The van der Waals surface area contributed by atoms with E-state index in [2.05, 4.69) is 0 Å². The van der Waals surface area contributed by atoms with Gasteiger partial charge in [-0.1, -0.05) is 19.9 Å². The van der Waals surface area contributed by atoms with Crippen LogP contribution < -0.4 is 0 Å². The van der Waals surface area contributed by atoms with Crippen LogP contribution in [0.2, 0.25) is 0 Å². The lowest BCUT2D eigenvalue weighted by Gasteiger charge is -2.23. The number of benzene rings is 1. The molecule has 3 heteroatoms. The highest BCUT2D eigenvalue weighted by molar-refractivity contribution is 5.35. The molecule has 0 heterocycles. The average Bonchev–Trinajstić information content (AvgIpc) is 2.17. The molecule has 0 aliphatic rings. The van der Waals surface area contributed by atoms with Crippen LogP contribution in [0.4, 0.5) is 8.78 Å². The first-order chi connectivity index (χ1) is 6.92. The minimum absolute atomic E-state index is 0.0686. The van der Waals surface area contributed by atoms with Crippen molar-refractivity contribution in [2.75, 3.05) is 6.61 Å². The highest BCUT2D eigenvalue weighted by Gasteiger charge is 2.21. The lowest BCUT2D eigenvalue weighted by molar-refractivity contribution is 0.218. The molecule has 1 nitrogen and oxygen atoms in total.